The number of nitrogens with one attached hydrogen (secondary N) is 1. The highest BCUT2D eigenvalue weighted by molar-refractivity contribution is 9.10. The fourth-order valence-corrected chi connectivity index (χ4v) is 3.14. The number of benzene rings is 1. The van der Waals surface area contributed by atoms with Crippen molar-refractivity contribution in [1.82, 2.24) is 4.57 Å². The second-order valence-electron chi connectivity index (χ2n) is 4.07. The fraction of sp³-hybridized carbons (Fsp3) is 0.0833. The Kier molecular flexibility index (Phi) is 3.96. The van der Waals surface area contributed by atoms with Crippen LogP contribution in [0.3, 0.4) is 0 Å². The molecule has 0 spiro atoms. The summed E-state index contributed by atoms with van der Waals surface area (Å²) in [7, 11) is -2.28. The van der Waals surface area contributed by atoms with Crippen LogP contribution in [0.15, 0.2) is 50.8 Å². The van der Waals surface area contributed by atoms with Crippen LogP contribution in [0.25, 0.3) is 0 Å². The van der Waals surface area contributed by atoms with Gasteiger partial charge in [-0.3, -0.25) is 9.52 Å². The third-order valence-corrected chi connectivity index (χ3v) is 4.43. The zero-order valence-electron chi connectivity index (χ0n) is 10.3. The minimum absolute atomic E-state index is 0.0915. The topological polar surface area (TPSA) is 68.2 Å². The second kappa shape index (κ2) is 5.37. The predicted octanol–water partition coefficient (Wildman–Crippen LogP) is 2.09. The van der Waals surface area contributed by atoms with Crippen molar-refractivity contribution in [1.29, 1.82) is 0 Å². The van der Waals surface area contributed by atoms with Crippen molar-refractivity contribution in [3.05, 3.63) is 57.2 Å². The number of hydrogen-bond acceptors (Lipinski definition) is 3. The summed E-state index contributed by atoms with van der Waals surface area (Å²) in [5.41, 5.74) is -0.569. The maximum atomic E-state index is 12.8. The van der Waals surface area contributed by atoms with Gasteiger partial charge < -0.3 is 4.57 Å². The van der Waals surface area contributed by atoms with E-state index < -0.39 is 21.3 Å². The lowest BCUT2D eigenvalue weighted by Gasteiger charge is -2.09. The molecule has 1 N–H and O–H groups in total. The molecule has 0 aliphatic rings. The van der Waals surface area contributed by atoms with Crippen LogP contribution in [-0.2, 0) is 17.1 Å². The number of pyridine rings is 1. The van der Waals surface area contributed by atoms with Crippen molar-refractivity contribution in [2.75, 3.05) is 4.72 Å². The summed E-state index contributed by atoms with van der Waals surface area (Å²) in [6.45, 7) is 0. The Labute approximate surface area is 123 Å². The van der Waals surface area contributed by atoms with Gasteiger partial charge in [0.05, 0.1) is 9.37 Å². The number of anilines is 1. The quantitative estimate of drug-likeness (QED) is 0.910. The molecular weight excluding hydrogens is 351 g/mol. The van der Waals surface area contributed by atoms with E-state index in [1.165, 1.54) is 17.0 Å². The van der Waals surface area contributed by atoms with E-state index in [-0.39, 0.29) is 15.1 Å². The molecule has 5 nitrogen and oxygen atoms in total. The molecule has 0 fully saturated rings. The van der Waals surface area contributed by atoms with Crippen LogP contribution in [0.2, 0.25) is 0 Å². The first kappa shape index (κ1) is 14.7. The first-order valence-electron chi connectivity index (χ1n) is 5.44. The van der Waals surface area contributed by atoms with Crippen LogP contribution >= 0.6 is 15.9 Å². The van der Waals surface area contributed by atoms with Gasteiger partial charge in [-0.05, 0) is 40.2 Å². The molecule has 2 rings (SSSR count). The molecule has 0 radical (unpaired) electrons. The summed E-state index contributed by atoms with van der Waals surface area (Å²) in [5.74, 6) is -0.540. The van der Waals surface area contributed by atoms with Crippen LogP contribution in [0.5, 0.6) is 0 Å². The lowest BCUT2D eigenvalue weighted by atomic mass is 10.4. The molecule has 1 heterocycles. The molecule has 1 aromatic heterocycles. The van der Waals surface area contributed by atoms with E-state index in [1.54, 1.807) is 7.05 Å². The number of rotatable bonds is 3. The third kappa shape index (κ3) is 3.07. The van der Waals surface area contributed by atoms with Crippen molar-refractivity contribution < 1.29 is 12.8 Å². The van der Waals surface area contributed by atoms with Gasteiger partial charge in [0.25, 0.3) is 10.0 Å². The summed E-state index contributed by atoms with van der Waals surface area (Å²) < 4.78 is 40.9. The summed E-state index contributed by atoms with van der Waals surface area (Å²) in [6, 6.07) is 4.32. The number of halogens is 2. The Morgan fingerprint density at radius 3 is 2.40 bits per heavy atom. The van der Waals surface area contributed by atoms with Gasteiger partial charge in [-0.15, -0.1) is 0 Å². The fourth-order valence-electron chi connectivity index (χ4n) is 1.56. The van der Waals surface area contributed by atoms with Gasteiger partial charge in [-0.1, -0.05) is 0 Å². The van der Waals surface area contributed by atoms with Gasteiger partial charge in [0, 0.05) is 19.4 Å². The Balaban J connectivity index is 2.43. The molecule has 2 aromatic rings. The molecule has 0 saturated carbocycles. The summed E-state index contributed by atoms with van der Waals surface area (Å²) in [5, 5.41) is 0. The van der Waals surface area contributed by atoms with Crippen molar-refractivity contribution in [3.8, 4) is 0 Å². The molecule has 1 aromatic carbocycles. The average molecular weight is 361 g/mol. The Morgan fingerprint density at radius 1 is 1.20 bits per heavy atom. The summed E-state index contributed by atoms with van der Waals surface area (Å²) >= 11 is 3.05. The molecule has 0 saturated heterocycles. The van der Waals surface area contributed by atoms with E-state index >= 15 is 0 Å². The predicted molar refractivity (Wildman–Crippen MR) is 76.6 cm³/mol. The van der Waals surface area contributed by atoms with Crippen LogP contribution < -0.4 is 10.2 Å². The smallest absolute Gasteiger partial charge is 0.262 e. The summed E-state index contributed by atoms with van der Waals surface area (Å²) in [4.78, 5) is 11.7. The Bertz CT molecular complexity index is 800. The number of aryl methyl sites for hydroxylation is 1. The minimum atomic E-state index is -3.94. The maximum Gasteiger partial charge on any atom is 0.262 e. The first-order chi connectivity index (χ1) is 9.29. The van der Waals surface area contributed by atoms with Gasteiger partial charge in [-0.25, -0.2) is 12.8 Å². The lowest BCUT2D eigenvalue weighted by molar-refractivity contribution is 0.599. The van der Waals surface area contributed by atoms with E-state index in [4.69, 9.17) is 0 Å². The highest BCUT2D eigenvalue weighted by Gasteiger charge is 2.16. The van der Waals surface area contributed by atoms with Crippen molar-refractivity contribution in [3.63, 3.8) is 0 Å². The molecule has 0 amide bonds. The Hall–Kier alpha value is -1.67. The molecule has 0 atom stereocenters. The van der Waals surface area contributed by atoms with E-state index in [9.17, 15) is 17.6 Å². The molecule has 0 aliphatic heterocycles. The van der Waals surface area contributed by atoms with Crippen molar-refractivity contribution >= 4 is 31.6 Å². The van der Waals surface area contributed by atoms with Gasteiger partial charge in [-0.2, -0.15) is 0 Å². The number of nitrogens with zero attached hydrogens (tertiary/aromatic N) is 1. The molecular formula is C12H10BrFN2O3S. The van der Waals surface area contributed by atoms with Crippen molar-refractivity contribution in [2.24, 2.45) is 7.05 Å². The molecule has 8 heteroatoms. The Morgan fingerprint density at radius 2 is 1.80 bits per heavy atom. The molecule has 0 aliphatic carbocycles. The summed E-state index contributed by atoms with van der Waals surface area (Å²) in [6.07, 6.45) is 2.87. The average Bonchev–Trinajstić information content (AvgIpc) is 2.35. The minimum Gasteiger partial charge on any atom is -0.354 e. The molecule has 0 bridgehead atoms. The molecule has 0 unspecified atom stereocenters. The van der Waals surface area contributed by atoms with E-state index in [2.05, 4.69) is 20.7 Å². The highest BCUT2D eigenvalue weighted by Crippen LogP contribution is 2.15. The van der Waals surface area contributed by atoms with E-state index in [0.29, 0.717) is 0 Å². The SMILES string of the molecule is Cn1cc(Br)c(=O)c(NS(=O)(=O)c2ccc(F)cc2)c1. The van der Waals surface area contributed by atoms with Gasteiger partial charge in [0.15, 0.2) is 0 Å². The van der Waals surface area contributed by atoms with Gasteiger partial charge in [0.2, 0.25) is 5.43 Å². The largest absolute Gasteiger partial charge is 0.354 e. The molecule has 20 heavy (non-hydrogen) atoms. The first-order valence-corrected chi connectivity index (χ1v) is 7.71. The van der Waals surface area contributed by atoms with E-state index in [0.717, 1.165) is 24.3 Å². The lowest BCUT2D eigenvalue weighted by Crippen LogP contribution is -2.20. The normalized spacial score (nSPS) is 11.3. The third-order valence-electron chi connectivity index (χ3n) is 2.48. The van der Waals surface area contributed by atoms with E-state index in [1.807, 2.05) is 0 Å². The van der Waals surface area contributed by atoms with Crippen LogP contribution in [0.4, 0.5) is 10.1 Å². The zero-order valence-corrected chi connectivity index (χ0v) is 12.7. The number of sulfonamides is 1. The zero-order chi connectivity index (χ0) is 14.9. The van der Waals surface area contributed by atoms with Crippen LogP contribution in [0, 0.1) is 5.82 Å². The number of hydrogen-bond donors (Lipinski definition) is 1. The second-order valence-corrected chi connectivity index (χ2v) is 6.61. The molecule has 106 valence electrons. The highest BCUT2D eigenvalue weighted by atomic mass is 79.9. The van der Waals surface area contributed by atoms with Gasteiger partial charge in [0.1, 0.15) is 11.5 Å². The maximum absolute atomic E-state index is 12.8. The van der Waals surface area contributed by atoms with Gasteiger partial charge >= 0.3 is 0 Å². The van der Waals surface area contributed by atoms with Crippen LogP contribution in [-0.4, -0.2) is 13.0 Å². The monoisotopic (exact) mass is 360 g/mol. The van der Waals surface area contributed by atoms with Crippen LogP contribution in [0.1, 0.15) is 0 Å². The van der Waals surface area contributed by atoms with Crippen molar-refractivity contribution in [2.45, 2.75) is 4.90 Å². The number of aromatic nitrogens is 1. The standard InChI is InChI=1S/C12H10BrFN2O3S/c1-16-6-10(13)12(17)11(7-16)15-20(18,19)9-4-2-8(14)3-5-9/h2-7,15H,1H3.